The highest BCUT2D eigenvalue weighted by molar-refractivity contribution is 5.37. The Hall–Kier alpha value is -1.06. The number of likely N-dealkylation sites (tertiary alicyclic amines) is 1. The summed E-state index contributed by atoms with van der Waals surface area (Å²) in [5, 5.41) is 3.49. The lowest BCUT2D eigenvalue weighted by Crippen LogP contribution is -2.32. The van der Waals surface area contributed by atoms with Gasteiger partial charge in [-0.15, -0.1) is 0 Å². The normalized spacial score (nSPS) is 16.9. The van der Waals surface area contributed by atoms with Crippen molar-refractivity contribution in [3.63, 3.8) is 0 Å². The lowest BCUT2D eigenvalue weighted by atomic mass is 9.98. The summed E-state index contributed by atoms with van der Waals surface area (Å²) in [7, 11) is 1.78. The first kappa shape index (κ1) is 17.3. The van der Waals surface area contributed by atoms with Crippen molar-refractivity contribution in [2.45, 2.75) is 52.6 Å². The lowest BCUT2D eigenvalue weighted by molar-refractivity contribution is 0.185. The van der Waals surface area contributed by atoms with Gasteiger partial charge >= 0.3 is 0 Å². The van der Waals surface area contributed by atoms with E-state index in [4.69, 9.17) is 4.74 Å². The summed E-state index contributed by atoms with van der Waals surface area (Å²) < 4.78 is 5.59. The van der Waals surface area contributed by atoms with E-state index in [9.17, 15) is 0 Å². The van der Waals surface area contributed by atoms with Gasteiger partial charge in [0, 0.05) is 18.7 Å². The molecule has 0 bridgehead atoms. The van der Waals surface area contributed by atoms with Gasteiger partial charge in [0.05, 0.1) is 7.11 Å². The number of nitrogens with zero attached hydrogens (tertiary/aromatic N) is 1. The van der Waals surface area contributed by atoms with Crippen molar-refractivity contribution in [2.24, 2.45) is 5.92 Å². The number of unbranched alkanes of at least 4 members (excludes halogenated alkanes) is 1. The lowest BCUT2D eigenvalue weighted by Gasteiger charge is -2.30. The van der Waals surface area contributed by atoms with Crippen LogP contribution in [0, 0.1) is 5.92 Å². The van der Waals surface area contributed by atoms with Gasteiger partial charge in [0.2, 0.25) is 0 Å². The van der Waals surface area contributed by atoms with Crippen LogP contribution in [0.1, 0.15) is 50.7 Å². The van der Waals surface area contributed by atoms with Gasteiger partial charge in [0.25, 0.3) is 0 Å². The third kappa shape index (κ3) is 5.29. The molecule has 0 unspecified atom stereocenters. The van der Waals surface area contributed by atoms with E-state index >= 15 is 0 Å². The van der Waals surface area contributed by atoms with Gasteiger partial charge in [-0.25, -0.2) is 0 Å². The topological polar surface area (TPSA) is 24.5 Å². The van der Waals surface area contributed by atoms with Gasteiger partial charge < -0.3 is 10.1 Å². The molecule has 1 aliphatic heterocycles. The first-order valence-electron chi connectivity index (χ1n) is 8.81. The molecule has 2 rings (SSSR count). The number of benzene rings is 1. The standard InChI is InChI=1S/C19H32N2O/c1-4-5-10-20-14-18-7-6-17(13-19(18)22-3)15-21-11-8-16(2)9-12-21/h6-7,13,16,20H,4-5,8-12,14-15H2,1-3H3. The molecular formula is C19H32N2O. The van der Waals surface area contributed by atoms with Crippen LogP contribution in [0.2, 0.25) is 0 Å². The molecule has 1 fully saturated rings. The van der Waals surface area contributed by atoms with Crippen LogP contribution in [0.5, 0.6) is 5.75 Å². The molecule has 22 heavy (non-hydrogen) atoms. The maximum absolute atomic E-state index is 5.59. The third-order valence-electron chi connectivity index (χ3n) is 4.66. The van der Waals surface area contributed by atoms with Crippen LogP contribution in [-0.4, -0.2) is 31.6 Å². The summed E-state index contributed by atoms with van der Waals surface area (Å²) in [6.07, 6.45) is 5.12. The minimum absolute atomic E-state index is 0.891. The maximum atomic E-state index is 5.59. The predicted molar refractivity (Wildman–Crippen MR) is 93.3 cm³/mol. The van der Waals surface area contributed by atoms with E-state index in [2.05, 4.69) is 42.3 Å². The van der Waals surface area contributed by atoms with Crippen LogP contribution in [0.3, 0.4) is 0 Å². The van der Waals surface area contributed by atoms with Gasteiger partial charge in [0.1, 0.15) is 5.75 Å². The number of piperidine rings is 1. The summed E-state index contributed by atoms with van der Waals surface area (Å²) in [6, 6.07) is 6.70. The van der Waals surface area contributed by atoms with Crippen molar-refractivity contribution >= 4 is 0 Å². The van der Waals surface area contributed by atoms with Gasteiger partial charge in [-0.3, -0.25) is 4.90 Å². The van der Waals surface area contributed by atoms with E-state index in [0.717, 1.165) is 31.3 Å². The van der Waals surface area contributed by atoms with Crippen molar-refractivity contribution in [1.29, 1.82) is 0 Å². The molecule has 0 spiro atoms. The second-order valence-electron chi connectivity index (χ2n) is 6.64. The SMILES string of the molecule is CCCCNCc1ccc(CN2CCC(C)CC2)cc1OC. The molecule has 3 heteroatoms. The Morgan fingerprint density at radius 1 is 1.27 bits per heavy atom. The number of hydrogen-bond acceptors (Lipinski definition) is 3. The van der Waals surface area contributed by atoms with Crippen LogP contribution in [0.15, 0.2) is 18.2 Å². The number of hydrogen-bond donors (Lipinski definition) is 1. The molecule has 0 radical (unpaired) electrons. The number of methoxy groups -OCH3 is 1. The Labute approximate surface area is 136 Å². The van der Waals surface area contributed by atoms with Gasteiger partial charge in [-0.1, -0.05) is 32.4 Å². The summed E-state index contributed by atoms with van der Waals surface area (Å²) >= 11 is 0. The zero-order chi connectivity index (χ0) is 15.8. The van der Waals surface area contributed by atoms with Gasteiger partial charge in [-0.2, -0.15) is 0 Å². The van der Waals surface area contributed by atoms with Crippen molar-refractivity contribution in [1.82, 2.24) is 10.2 Å². The predicted octanol–water partition coefficient (Wildman–Crippen LogP) is 3.82. The van der Waals surface area contributed by atoms with E-state index in [1.807, 2.05) is 0 Å². The molecule has 3 nitrogen and oxygen atoms in total. The first-order chi connectivity index (χ1) is 10.7. The molecular weight excluding hydrogens is 272 g/mol. The summed E-state index contributed by atoms with van der Waals surface area (Å²) in [6.45, 7) is 10.1. The molecule has 1 saturated heterocycles. The Balaban J connectivity index is 1.90. The van der Waals surface area contributed by atoms with Crippen molar-refractivity contribution < 1.29 is 4.74 Å². The molecule has 0 atom stereocenters. The fraction of sp³-hybridized carbons (Fsp3) is 0.684. The van der Waals surface area contributed by atoms with Crippen molar-refractivity contribution in [3.8, 4) is 5.75 Å². The van der Waals surface area contributed by atoms with Crippen LogP contribution < -0.4 is 10.1 Å². The largest absolute Gasteiger partial charge is 0.496 e. The molecule has 0 aromatic heterocycles. The van der Waals surface area contributed by atoms with Crippen LogP contribution in [-0.2, 0) is 13.1 Å². The van der Waals surface area contributed by atoms with Crippen molar-refractivity contribution in [2.75, 3.05) is 26.7 Å². The molecule has 1 heterocycles. The van der Waals surface area contributed by atoms with Crippen LogP contribution >= 0.6 is 0 Å². The van der Waals surface area contributed by atoms with Crippen LogP contribution in [0.25, 0.3) is 0 Å². The van der Waals surface area contributed by atoms with Crippen LogP contribution in [0.4, 0.5) is 0 Å². The Morgan fingerprint density at radius 2 is 2.05 bits per heavy atom. The van der Waals surface area contributed by atoms with Gasteiger partial charge in [0.15, 0.2) is 0 Å². The molecule has 0 aliphatic carbocycles. The zero-order valence-corrected chi connectivity index (χ0v) is 14.5. The highest BCUT2D eigenvalue weighted by Gasteiger charge is 2.16. The molecule has 1 aromatic carbocycles. The number of rotatable bonds is 8. The first-order valence-corrected chi connectivity index (χ1v) is 8.81. The highest BCUT2D eigenvalue weighted by atomic mass is 16.5. The third-order valence-corrected chi connectivity index (χ3v) is 4.66. The molecule has 1 N–H and O–H groups in total. The summed E-state index contributed by atoms with van der Waals surface area (Å²) in [4.78, 5) is 2.56. The van der Waals surface area contributed by atoms with E-state index < -0.39 is 0 Å². The second-order valence-corrected chi connectivity index (χ2v) is 6.64. The molecule has 0 amide bonds. The Kier molecular flexibility index (Phi) is 7.20. The number of ether oxygens (including phenoxy) is 1. The smallest absolute Gasteiger partial charge is 0.123 e. The fourth-order valence-electron chi connectivity index (χ4n) is 3.04. The Morgan fingerprint density at radius 3 is 2.73 bits per heavy atom. The molecule has 124 valence electrons. The maximum Gasteiger partial charge on any atom is 0.123 e. The quantitative estimate of drug-likeness (QED) is 0.739. The number of nitrogens with one attached hydrogen (secondary N) is 1. The van der Waals surface area contributed by atoms with Crippen molar-refractivity contribution in [3.05, 3.63) is 29.3 Å². The highest BCUT2D eigenvalue weighted by Crippen LogP contribution is 2.23. The minimum Gasteiger partial charge on any atom is -0.496 e. The summed E-state index contributed by atoms with van der Waals surface area (Å²) in [5.74, 6) is 1.91. The molecule has 1 aromatic rings. The molecule has 1 aliphatic rings. The van der Waals surface area contributed by atoms with E-state index in [0.29, 0.717) is 0 Å². The zero-order valence-electron chi connectivity index (χ0n) is 14.5. The monoisotopic (exact) mass is 304 g/mol. The average molecular weight is 304 g/mol. The molecule has 0 saturated carbocycles. The fourth-order valence-corrected chi connectivity index (χ4v) is 3.04. The van der Waals surface area contributed by atoms with E-state index in [1.54, 1.807) is 7.11 Å². The van der Waals surface area contributed by atoms with E-state index in [-0.39, 0.29) is 0 Å². The minimum atomic E-state index is 0.891. The summed E-state index contributed by atoms with van der Waals surface area (Å²) in [5.41, 5.74) is 2.62. The van der Waals surface area contributed by atoms with Gasteiger partial charge in [-0.05, 0) is 56.4 Å². The average Bonchev–Trinajstić information content (AvgIpc) is 2.54. The second kappa shape index (κ2) is 9.16. The Bertz CT molecular complexity index is 439. The van der Waals surface area contributed by atoms with E-state index in [1.165, 1.54) is 49.9 Å².